The number of aryl methyl sites for hydroxylation is 1. The molecule has 3 rings (SSSR count). The van der Waals surface area contributed by atoms with Gasteiger partial charge in [-0.1, -0.05) is 18.2 Å². The Hall–Kier alpha value is -2.01. The zero-order valence-electron chi connectivity index (χ0n) is 11.5. The van der Waals surface area contributed by atoms with E-state index in [1.54, 1.807) is 6.07 Å². The number of rotatable bonds is 2. The first-order valence-electron chi connectivity index (χ1n) is 6.64. The highest BCUT2D eigenvalue weighted by atomic mass is 79.9. The van der Waals surface area contributed by atoms with E-state index >= 15 is 0 Å². The normalized spacial score (nSPS) is 16.2. The van der Waals surface area contributed by atoms with Crippen molar-refractivity contribution in [3.8, 4) is 5.75 Å². The predicted molar refractivity (Wildman–Crippen MR) is 86.6 cm³/mol. The lowest BCUT2D eigenvalue weighted by Gasteiger charge is -2.13. The third-order valence-corrected chi connectivity index (χ3v) is 4.29. The molecule has 1 amide bonds. The van der Waals surface area contributed by atoms with E-state index in [0.29, 0.717) is 18.0 Å². The second kappa shape index (κ2) is 5.41. The van der Waals surface area contributed by atoms with E-state index in [4.69, 9.17) is 10.5 Å². The van der Waals surface area contributed by atoms with Gasteiger partial charge >= 0.3 is 0 Å². The van der Waals surface area contributed by atoms with Gasteiger partial charge in [0.25, 0.3) is 0 Å². The number of hydrogen-bond acceptors (Lipinski definition) is 3. The van der Waals surface area contributed by atoms with Gasteiger partial charge in [0.2, 0.25) is 5.91 Å². The van der Waals surface area contributed by atoms with Crippen LogP contribution in [0.2, 0.25) is 0 Å². The maximum atomic E-state index is 12.5. The maximum Gasteiger partial charge on any atom is 0.235 e. The Morgan fingerprint density at radius 2 is 2.14 bits per heavy atom. The fraction of sp³-hybridized carbons (Fsp3) is 0.188. The van der Waals surface area contributed by atoms with E-state index in [1.807, 2.05) is 37.3 Å². The lowest BCUT2D eigenvalue weighted by Crippen LogP contribution is -2.22. The number of amides is 1. The predicted octanol–water partition coefficient (Wildman–Crippen LogP) is 3.45. The van der Waals surface area contributed by atoms with Crippen molar-refractivity contribution in [2.24, 2.45) is 0 Å². The van der Waals surface area contributed by atoms with E-state index in [0.717, 1.165) is 21.3 Å². The standard InChI is InChI=1S/C16H15BrN2O2/c1-9-6-12(17)14(7-13(9)18)19-16(20)11-8-21-15-5-3-2-4-10(11)15/h2-7,11H,8,18H2,1H3,(H,19,20). The minimum Gasteiger partial charge on any atom is -0.492 e. The Morgan fingerprint density at radius 1 is 1.38 bits per heavy atom. The van der Waals surface area contributed by atoms with Gasteiger partial charge in [-0.05, 0) is 46.6 Å². The molecule has 0 radical (unpaired) electrons. The highest BCUT2D eigenvalue weighted by Gasteiger charge is 2.30. The molecule has 2 aromatic rings. The molecule has 0 spiro atoms. The van der Waals surface area contributed by atoms with Gasteiger partial charge in [0.15, 0.2) is 0 Å². The first kappa shape index (κ1) is 13.9. The summed E-state index contributed by atoms with van der Waals surface area (Å²) in [4.78, 5) is 12.5. The smallest absolute Gasteiger partial charge is 0.235 e. The van der Waals surface area contributed by atoms with Crippen molar-refractivity contribution in [2.75, 3.05) is 17.7 Å². The number of nitrogens with two attached hydrogens (primary N) is 1. The number of hydrogen-bond donors (Lipinski definition) is 2. The first-order chi connectivity index (χ1) is 10.1. The summed E-state index contributed by atoms with van der Waals surface area (Å²) in [6, 6.07) is 11.3. The molecule has 0 aliphatic carbocycles. The number of fused-ring (bicyclic) bond motifs is 1. The summed E-state index contributed by atoms with van der Waals surface area (Å²) >= 11 is 3.45. The van der Waals surface area contributed by atoms with E-state index in [1.165, 1.54) is 0 Å². The maximum absolute atomic E-state index is 12.5. The summed E-state index contributed by atoms with van der Waals surface area (Å²) in [6.07, 6.45) is 0. The fourth-order valence-corrected chi connectivity index (χ4v) is 2.94. The molecule has 5 heteroatoms. The zero-order valence-corrected chi connectivity index (χ0v) is 13.1. The molecule has 1 aliphatic heterocycles. The van der Waals surface area contributed by atoms with Crippen LogP contribution >= 0.6 is 15.9 Å². The summed E-state index contributed by atoms with van der Waals surface area (Å²) in [6.45, 7) is 2.29. The van der Waals surface area contributed by atoms with Gasteiger partial charge in [-0.25, -0.2) is 0 Å². The second-order valence-corrected chi connectivity index (χ2v) is 5.93. The summed E-state index contributed by atoms with van der Waals surface area (Å²) in [5, 5.41) is 2.92. The van der Waals surface area contributed by atoms with Crippen LogP contribution in [0, 0.1) is 6.92 Å². The third-order valence-electron chi connectivity index (χ3n) is 3.63. The quantitative estimate of drug-likeness (QED) is 0.818. The molecule has 108 valence electrons. The van der Waals surface area contributed by atoms with Crippen molar-refractivity contribution < 1.29 is 9.53 Å². The van der Waals surface area contributed by atoms with Crippen molar-refractivity contribution in [3.05, 3.63) is 52.0 Å². The fourth-order valence-electron chi connectivity index (χ4n) is 2.38. The molecule has 1 heterocycles. The van der Waals surface area contributed by atoms with Gasteiger partial charge in [0.1, 0.15) is 18.3 Å². The molecule has 0 fully saturated rings. The SMILES string of the molecule is Cc1cc(Br)c(NC(=O)C2COc3ccccc32)cc1N. The highest BCUT2D eigenvalue weighted by Crippen LogP contribution is 2.35. The van der Waals surface area contributed by atoms with E-state index in [2.05, 4.69) is 21.2 Å². The van der Waals surface area contributed by atoms with Crippen LogP contribution in [-0.2, 0) is 4.79 Å². The average Bonchev–Trinajstić information content (AvgIpc) is 2.88. The first-order valence-corrected chi connectivity index (χ1v) is 7.44. The van der Waals surface area contributed by atoms with Gasteiger partial charge in [-0.2, -0.15) is 0 Å². The van der Waals surface area contributed by atoms with E-state index in [9.17, 15) is 4.79 Å². The Balaban J connectivity index is 1.84. The highest BCUT2D eigenvalue weighted by molar-refractivity contribution is 9.10. The molecule has 1 unspecified atom stereocenters. The molecule has 2 aromatic carbocycles. The number of benzene rings is 2. The Morgan fingerprint density at radius 3 is 2.95 bits per heavy atom. The van der Waals surface area contributed by atoms with Crippen LogP contribution in [0.3, 0.4) is 0 Å². The number of halogens is 1. The van der Waals surface area contributed by atoms with Gasteiger partial charge in [-0.15, -0.1) is 0 Å². The molecular weight excluding hydrogens is 332 g/mol. The lowest BCUT2D eigenvalue weighted by molar-refractivity contribution is -0.117. The molecule has 1 aliphatic rings. The molecule has 0 saturated carbocycles. The largest absolute Gasteiger partial charge is 0.492 e. The molecule has 4 nitrogen and oxygen atoms in total. The van der Waals surface area contributed by atoms with Crippen LogP contribution in [0.25, 0.3) is 0 Å². The minimum atomic E-state index is -0.296. The second-order valence-electron chi connectivity index (χ2n) is 5.08. The summed E-state index contributed by atoms with van der Waals surface area (Å²) in [5.41, 5.74) is 9.11. The number of anilines is 2. The van der Waals surface area contributed by atoms with E-state index < -0.39 is 0 Å². The summed E-state index contributed by atoms with van der Waals surface area (Å²) in [7, 11) is 0. The number of nitrogens with one attached hydrogen (secondary N) is 1. The molecule has 21 heavy (non-hydrogen) atoms. The van der Waals surface area contributed by atoms with Crippen LogP contribution in [0.1, 0.15) is 17.0 Å². The lowest BCUT2D eigenvalue weighted by atomic mass is 10.0. The van der Waals surface area contributed by atoms with Crippen LogP contribution in [0.4, 0.5) is 11.4 Å². The van der Waals surface area contributed by atoms with Crippen LogP contribution in [-0.4, -0.2) is 12.5 Å². The van der Waals surface area contributed by atoms with Crippen molar-refractivity contribution in [1.29, 1.82) is 0 Å². The van der Waals surface area contributed by atoms with Gasteiger partial charge < -0.3 is 15.8 Å². The monoisotopic (exact) mass is 346 g/mol. The van der Waals surface area contributed by atoms with Crippen LogP contribution < -0.4 is 15.8 Å². The Labute approximate surface area is 131 Å². The molecule has 0 saturated heterocycles. The van der Waals surface area contributed by atoms with Crippen molar-refractivity contribution >= 4 is 33.2 Å². The van der Waals surface area contributed by atoms with Crippen LogP contribution in [0.15, 0.2) is 40.9 Å². The van der Waals surface area contributed by atoms with Crippen molar-refractivity contribution in [3.63, 3.8) is 0 Å². The molecule has 1 atom stereocenters. The minimum absolute atomic E-state index is 0.0936. The molecular formula is C16H15BrN2O2. The number of carbonyl (C=O) groups is 1. The van der Waals surface area contributed by atoms with Crippen molar-refractivity contribution in [1.82, 2.24) is 0 Å². The molecule has 0 aromatic heterocycles. The molecule has 0 bridgehead atoms. The van der Waals surface area contributed by atoms with E-state index in [-0.39, 0.29) is 11.8 Å². The van der Waals surface area contributed by atoms with Crippen molar-refractivity contribution in [2.45, 2.75) is 12.8 Å². The average molecular weight is 347 g/mol. The summed E-state index contributed by atoms with van der Waals surface area (Å²) in [5.74, 6) is 0.389. The van der Waals surface area contributed by atoms with Gasteiger partial charge in [-0.3, -0.25) is 4.79 Å². The van der Waals surface area contributed by atoms with Gasteiger partial charge in [0, 0.05) is 15.7 Å². The number of nitrogen functional groups attached to an aromatic ring is 1. The Bertz CT molecular complexity index is 715. The zero-order chi connectivity index (χ0) is 15.0. The third kappa shape index (κ3) is 2.61. The summed E-state index contributed by atoms with van der Waals surface area (Å²) < 4.78 is 6.36. The van der Waals surface area contributed by atoms with Gasteiger partial charge in [0.05, 0.1) is 5.69 Å². The number of para-hydroxylation sites is 1. The Kier molecular flexibility index (Phi) is 3.59. The molecule has 3 N–H and O–H groups in total. The number of carbonyl (C=O) groups excluding carboxylic acids is 1. The van der Waals surface area contributed by atoms with Crippen LogP contribution in [0.5, 0.6) is 5.75 Å². The topological polar surface area (TPSA) is 64.3 Å². The number of ether oxygens (including phenoxy) is 1.